The van der Waals surface area contributed by atoms with Crippen molar-refractivity contribution in [3.8, 4) is 0 Å². The number of allylic oxidation sites excluding steroid dienone is 1. The van der Waals surface area contributed by atoms with Crippen LogP contribution in [0.25, 0.3) is 0 Å². The topological polar surface area (TPSA) is 17.0 Å². The predicted octanol–water partition coefficient (Wildman–Crippen LogP) is 2.22. The van der Waals surface area contributed by atoms with Gasteiger partial charge in [0.15, 0.2) is 0 Å². The summed E-state index contributed by atoms with van der Waals surface area (Å²) in [5.74, 6) is 0. The average molecular weight is 164 g/mol. The van der Waals surface area contributed by atoms with Gasteiger partial charge in [-0.25, -0.2) is 0 Å². The van der Waals surface area contributed by atoms with Crippen LogP contribution in [-0.4, -0.2) is 11.2 Å². The van der Waals surface area contributed by atoms with Gasteiger partial charge in [-0.05, 0) is 32.9 Å². The maximum atomic E-state index is 3.29. The summed E-state index contributed by atoms with van der Waals surface area (Å²) in [6, 6.07) is 4.22. The zero-order valence-electron chi connectivity index (χ0n) is 7.96. The highest BCUT2D eigenvalue weighted by atomic mass is 15.4. The first-order valence-corrected chi connectivity index (χ1v) is 4.25. The number of nitrogens with one attached hydrogen (secondary N) is 1. The molecule has 0 bridgehead atoms. The molecule has 0 saturated carbocycles. The number of aromatic nitrogens is 1. The van der Waals surface area contributed by atoms with Crippen LogP contribution >= 0.6 is 0 Å². The van der Waals surface area contributed by atoms with E-state index < -0.39 is 0 Å². The molecule has 1 aromatic heterocycles. The van der Waals surface area contributed by atoms with E-state index in [0.29, 0.717) is 0 Å². The van der Waals surface area contributed by atoms with Crippen molar-refractivity contribution >= 4 is 0 Å². The van der Waals surface area contributed by atoms with Gasteiger partial charge in [0.2, 0.25) is 0 Å². The molecule has 0 aliphatic carbocycles. The molecule has 0 atom stereocenters. The first kappa shape index (κ1) is 8.91. The Labute approximate surface area is 73.9 Å². The largest absolute Gasteiger partial charge is 0.322 e. The maximum absolute atomic E-state index is 3.29. The zero-order valence-corrected chi connectivity index (χ0v) is 7.96. The van der Waals surface area contributed by atoms with Gasteiger partial charge in [-0.2, -0.15) is 0 Å². The zero-order chi connectivity index (χ0) is 8.97. The molecule has 2 heteroatoms. The maximum Gasteiger partial charge on any atom is 0.0494 e. The lowest BCUT2D eigenvalue weighted by atomic mass is 10.5. The van der Waals surface area contributed by atoms with Gasteiger partial charge in [-0.1, -0.05) is 12.2 Å². The first-order chi connectivity index (χ1) is 5.75. The summed E-state index contributed by atoms with van der Waals surface area (Å²) in [5, 5.41) is 0. The summed E-state index contributed by atoms with van der Waals surface area (Å²) >= 11 is 0. The van der Waals surface area contributed by atoms with E-state index in [-0.39, 0.29) is 0 Å². The van der Waals surface area contributed by atoms with Crippen LogP contribution in [0.3, 0.4) is 0 Å². The predicted molar refractivity (Wildman–Crippen MR) is 52.9 cm³/mol. The lowest BCUT2D eigenvalue weighted by Gasteiger charge is -2.09. The third-order valence-corrected chi connectivity index (χ3v) is 1.87. The fraction of sp³-hybridized carbons (Fsp3) is 0.400. The smallest absolute Gasteiger partial charge is 0.0494 e. The molecular weight excluding hydrogens is 148 g/mol. The van der Waals surface area contributed by atoms with Gasteiger partial charge in [0.1, 0.15) is 0 Å². The van der Waals surface area contributed by atoms with Crippen LogP contribution in [0.5, 0.6) is 0 Å². The quantitative estimate of drug-likeness (QED) is 0.678. The highest BCUT2D eigenvalue weighted by molar-refractivity contribution is 5.15. The first-order valence-electron chi connectivity index (χ1n) is 4.25. The summed E-state index contributed by atoms with van der Waals surface area (Å²) in [4.78, 5) is 0. The fourth-order valence-corrected chi connectivity index (χ4v) is 1.18. The molecule has 0 aromatic carbocycles. The molecule has 0 fully saturated rings. The van der Waals surface area contributed by atoms with Crippen LogP contribution in [0.15, 0.2) is 24.3 Å². The molecule has 0 unspecified atom stereocenters. The van der Waals surface area contributed by atoms with Crippen molar-refractivity contribution < 1.29 is 0 Å². The molecule has 0 amide bonds. The summed E-state index contributed by atoms with van der Waals surface area (Å²) < 4.78 is 2.10. The van der Waals surface area contributed by atoms with E-state index in [9.17, 15) is 0 Å². The Hall–Kier alpha value is -1.18. The van der Waals surface area contributed by atoms with Gasteiger partial charge in [0.05, 0.1) is 0 Å². The number of nitrogens with zero attached hydrogens (tertiary/aromatic N) is 1. The van der Waals surface area contributed by atoms with Crippen LogP contribution < -0.4 is 5.43 Å². The number of aryl methyl sites for hydroxylation is 2. The van der Waals surface area contributed by atoms with E-state index in [1.165, 1.54) is 11.4 Å². The summed E-state index contributed by atoms with van der Waals surface area (Å²) in [5.41, 5.74) is 5.79. The Kier molecular flexibility index (Phi) is 2.97. The van der Waals surface area contributed by atoms with Crippen molar-refractivity contribution in [1.29, 1.82) is 0 Å². The number of hydrogen-bond acceptors (Lipinski definition) is 1. The third-order valence-electron chi connectivity index (χ3n) is 1.87. The van der Waals surface area contributed by atoms with Crippen LogP contribution in [0.4, 0.5) is 0 Å². The molecule has 1 rings (SSSR count). The minimum absolute atomic E-state index is 0.882. The van der Waals surface area contributed by atoms with Gasteiger partial charge in [-0.15, -0.1) is 0 Å². The molecule has 0 radical (unpaired) electrons. The van der Waals surface area contributed by atoms with E-state index in [1.807, 2.05) is 13.0 Å². The molecule has 66 valence electrons. The lowest BCUT2D eigenvalue weighted by molar-refractivity contribution is 0.829. The lowest BCUT2D eigenvalue weighted by Crippen LogP contribution is -2.16. The molecular formula is C10H16N2. The minimum Gasteiger partial charge on any atom is -0.322 e. The van der Waals surface area contributed by atoms with E-state index in [2.05, 4.69) is 42.2 Å². The Bertz CT molecular complexity index is 252. The molecule has 1 heterocycles. The van der Waals surface area contributed by atoms with Crippen LogP contribution in [0, 0.1) is 13.8 Å². The van der Waals surface area contributed by atoms with Crippen molar-refractivity contribution in [1.82, 2.24) is 4.68 Å². The highest BCUT2D eigenvalue weighted by Gasteiger charge is 1.96. The second kappa shape index (κ2) is 4.00. The number of rotatable bonds is 3. The van der Waals surface area contributed by atoms with E-state index in [4.69, 9.17) is 0 Å². The Morgan fingerprint density at radius 1 is 1.33 bits per heavy atom. The molecule has 1 N–H and O–H groups in total. The second-order valence-corrected chi connectivity index (χ2v) is 2.88. The van der Waals surface area contributed by atoms with E-state index in [0.717, 1.165) is 6.54 Å². The summed E-state index contributed by atoms with van der Waals surface area (Å²) in [7, 11) is 0. The average Bonchev–Trinajstić information content (AvgIpc) is 2.35. The third kappa shape index (κ3) is 1.91. The molecule has 1 aromatic rings. The molecule has 0 spiro atoms. The second-order valence-electron chi connectivity index (χ2n) is 2.88. The van der Waals surface area contributed by atoms with Crippen molar-refractivity contribution in [3.05, 3.63) is 35.7 Å². The molecule has 0 saturated heterocycles. The van der Waals surface area contributed by atoms with Crippen LogP contribution in [0.1, 0.15) is 18.3 Å². The van der Waals surface area contributed by atoms with Gasteiger partial charge >= 0.3 is 0 Å². The summed E-state index contributed by atoms with van der Waals surface area (Å²) in [6.07, 6.45) is 4.14. The van der Waals surface area contributed by atoms with E-state index in [1.54, 1.807) is 0 Å². The van der Waals surface area contributed by atoms with Crippen LogP contribution in [0.2, 0.25) is 0 Å². The van der Waals surface area contributed by atoms with E-state index >= 15 is 0 Å². The van der Waals surface area contributed by atoms with Gasteiger partial charge in [0, 0.05) is 17.9 Å². The van der Waals surface area contributed by atoms with Crippen molar-refractivity contribution in [2.45, 2.75) is 20.8 Å². The number of hydrogen-bond donors (Lipinski definition) is 1. The van der Waals surface area contributed by atoms with Crippen molar-refractivity contribution in [2.24, 2.45) is 0 Å². The Morgan fingerprint density at radius 3 is 2.42 bits per heavy atom. The van der Waals surface area contributed by atoms with Crippen molar-refractivity contribution in [2.75, 3.05) is 12.0 Å². The standard InChI is InChI=1S/C10H16N2/c1-4-5-8-11-12-9(2)6-7-10(12)3/h4-7,11H,8H2,1-3H3/b5-4+. The Balaban J connectivity index is 2.61. The van der Waals surface area contributed by atoms with Gasteiger partial charge < -0.3 is 5.43 Å². The van der Waals surface area contributed by atoms with Crippen LogP contribution in [-0.2, 0) is 0 Å². The van der Waals surface area contributed by atoms with Gasteiger partial charge in [0.25, 0.3) is 0 Å². The molecule has 12 heavy (non-hydrogen) atoms. The monoisotopic (exact) mass is 164 g/mol. The minimum atomic E-state index is 0.882. The normalized spacial score (nSPS) is 10.9. The molecule has 0 aliphatic rings. The molecule has 0 aliphatic heterocycles. The highest BCUT2D eigenvalue weighted by Crippen LogP contribution is 2.03. The van der Waals surface area contributed by atoms with Gasteiger partial charge in [-0.3, -0.25) is 4.68 Å². The Morgan fingerprint density at radius 2 is 1.92 bits per heavy atom. The SMILES string of the molecule is C/C=C/CNn1c(C)ccc1C. The van der Waals surface area contributed by atoms with Crippen molar-refractivity contribution in [3.63, 3.8) is 0 Å². The molecule has 2 nitrogen and oxygen atoms in total. The summed E-state index contributed by atoms with van der Waals surface area (Å²) in [6.45, 7) is 7.09. The fourth-order valence-electron chi connectivity index (χ4n) is 1.18.